The van der Waals surface area contributed by atoms with Crippen LogP contribution in [0.25, 0.3) is 11.4 Å². The van der Waals surface area contributed by atoms with Crippen LogP contribution >= 0.6 is 0 Å². The van der Waals surface area contributed by atoms with E-state index in [9.17, 15) is 14.9 Å². The molecule has 25 heavy (non-hydrogen) atoms. The first-order valence-electron chi connectivity index (χ1n) is 7.06. The maximum Gasteiger partial charge on any atom is 0.292 e. The molecule has 0 aliphatic rings. The van der Waals surface area contributed by atoms with E-state index in [1.165, 1.54) is 25.3 Å². The molecule has 10 nitrogen and oxygen atoms in total. The van der Waals surface area contributed by atoms with E-state index >= 15 is 0 Å². The number of ether oxygens (including phenoxy) is 1. The fraction of sp³-hybridized carbons (Fsp3) is 0.0667. The highest BCUT2D eigenvalue weighted by atomic mass is 16.6. The first-order valence-corrected chi connectivity index (χ1v) is 7.06. The molecule has 0 bridgehead atoms. The minimum atomic E-state index is -0.580. The zero-order chi connectivity index (χ0) is 17.8. The van der Waals surface area contributed by atoms with Crippen LogP contribution in [0.2, 0.25) is 0 Å². The molecule has 0 fully saturated rings. The number of aromatic amines is 1. The van der Waals surface area contributed by atoms with Crippen LogP contribution in [0, 0.1) is 10.1 Å². The largest absolute Gasteiger partial charge is 0.497 e. The second kappa shape index (κ2) is 6.74. The van der Waals surface area contributed by atoms with Crippen LogP contribution < -0.4 is 10.1 Å². The molecule has 3 aromatic rings. The lowest BCUT2D eigenvalue weighted by Crippen LogP contribution is -2.13. The molecule has 0 saturated carbocycles. The number of nitro groups is 1. The van der Waals surface area contributed by atoms with E-state index in [0.717, 1.165) is 0 Å². The number of amides is 1. The summed E-state index contributed by atoms with van der Waals surface area (Å²) in [6.45, 7) is 0. The molecule has 0 atom stereocenters. The van der Waals surface area contributed by atoms with Gasteiger partial charge >= 0.3 is 0 Å². The number of anilines is 1. The maximum atomic E-state index is 12.4. The molecule has 1 amide bonds. The number of nitrogens with zero attached hydrogens (tertiary/aromatic N) is 4. The summed E-state index contributed by atoms with van der Waals surface area (Å²) in [7, 11) is 1.52. The van der Waals surface area contributed by atoms with Gasteiger partial charge in [0.1, 0.15) is 11.4 Å². The number of H-pyrrole nitrogens is 1. The third kappa shape index (κ3) is 3.42. The number of benzene rings is 2. The standard InChI is InChI=1S/C15H12N6O4/c1-25-11-5-2-9(3-6-11)15(22)16-12-8-10(14-17-19-20-18-14)4-7-13(12)21(23)24/h2-8H,1H3,(H,16,22)(H,17,18,19,20). The number of carbonyl (C=O) groups is 1. The van der Waals surface area contributed by atoms with Crippen molar-refractivity contribution in [3.8, 4) is 17.1 Å². The van der Waals surface area contributed by atoms with Gasteiger partial charge in [-0.05, 0) is 41.6 Å². The van der Waals surface area contributed by atoms with Crippen molar-refractivity contribution < 1.29 is 14.5 Å². The van der Waals surface area contributed by atoms with Crippen molar-refractivity contribution >= 4 is 17.3 Å². The third-order valence-electron chi connectivity index (χ3n) is 3.40. The predicted molar refractivity (Wildman–Crippen MR) is 87.2 cm³/mol. The molecule has 0 aliphatic heterocycles. The van der Waals surface area contributed by atoms with Crippen LogP contribution in [0.4, 0.5) is 11.4 Å². The second-order valence-electron chi connectivity index (χ2n) is 4.91. The molecule has 0 spiro atoms. The molecule has 1 heterocycles. The Hall–Kier alpha value is -3.82. The lowest BCUT2D eigenvalue weighted by Gasteiger charge is -2.08. The number of rotatable bonds is 5. The van der Waals surface area contributed by atoms with Crippen molar-refractivity contribution in [1.82, 2.24) is 20.6 Å². The number of carbonyl (C=O) groups excluding carboxylic acids is 1. The molecule has 2 aromatic carbocycles. The lowest BCUT2D eigenvalue weighted by molar-refractivity contribution is -0.383. The predicted octanol–water partition coefficient (Wildman–Crippen LogP) is 2.04. The maximum absolute atomic E-state index is 12.4. The summed E-state index contributed by atoms with van der Waals surface area (Å²) in [4.78, 5) is 23.0. The average Bonchev–Trinajstić information content (AvgIpc) is 3.16. The van der Waals surface area contributed by atoms with Gasteiger partial charge in [-0.15, -0.1) is 10.2 Å². The number of nitro benzene ring substituents is 1. The van der Waals surface area contributed by atoms with Gasteiger partial charge in [0.2, 0.25) is 5.82 Å². The molecule has 126 valence electrons. The Morgan fingerprint density at radius 3 is 2.60 bits per heavy atom. The third-order valence-corrected chi connectivity index (χ3v) is 3.40. The minimum Gasteiger partial charge on any atom is -0.497 e. The Balaban J connectivity index is 1.92. The molecule has 2 N–H and O–H groups in total. The number of methoxy groups -OCH3 is 1. The molecular formula is C15H12N6O4. The van der Waals surface area contributed by atoms with Crippen LogP contribution in [0.3, 0.4) is 0 Å². The first-order chi connectivity index (χ1) is 12.1. The fourth-order valence-corrected chi connectivity index (χ4v) is 2.16. The molecule has 1 aromatic heterocycles. The normalized spacial score (nSPS) is 10.3. The highest BCUT2D eigenvalue weighted by molar-refractivity contribution is 6.05. The van der Waals surface area contributed by atoms with E-state index in [-0.39, 0.29) is 17.2 Å². The Bertz CT molecular complexity index is 908. The molecule has 0 unspecified atom stereocenters. The van der Waals surface area contributed by atoms with Crippen LogP contribution in [0.5, 0.6) is 5.75 Å². The van der Waals surface area contributed by atoms with E-state index in [1.54, 1.807) is 24.3 Å². The minimum absolute atomic E-state index is 0.0353. The van der Waals surface area contributed by atoms with Gasteiger partial charge in [0.25, 0.3) is 11.6 Å². The smallest absolute Gasteiger partial charge is 0.292 e. The Morgan fingerprint density at radius 2 is 2.00 bits per heavy atom. The summed E-state index contributed by atoms with van der Waals surface area (Å²) in [6, 6.07) is 10.5. The number of hydrogen-bond acceptors (Lipinski definition) is 7. The topological polar surface area (TPSA) is 136 Å². The molecule has 0 radical (unpaired) electrons. The Labute approximate surface area is 141 Å². The van der Waals surface area contributed by atoms with Crippen LogP contribution in [0.1, 0.15) is 10.4 Å². The lowest BCUT2D eigenvalue weighted by atomic mass is 10.1. The average molecular weight is 340 g/mol. The SMILES string of the molecule is COc1ccc(C(=O)Nc2cc(-c3nn[nH]n3)ccc2[N+](=O)[O-])cc1. The highest BCUT2D eigenvalue weighted by Crippen LogP contribution is 2.29. The zero-order valence-electron chi connectivity index (χ0n) is 13.0. The van der Waals surface area contributed by atoms with E-state index in [1.807, 2.05) is 0 Å². The summed E-state index contributed by atoms with van der Waals surface area (Å²) in [5.74, 6) is 0.368. The molecule has 10 heteroatoms. The van der Waals surface area contributed by atoms with E-state index < -0.39 is 10.8 Å². The first kappa shape index (κ1) is 16.1. The van der Waals surface area contributed by atoms with E-state index in [0.29, 0.717) is 16.9 Å². The fourth-order valence-electron chi connectivity index (χ4n) is 2.16. The number of tetrazole rings is 1. The zero-order valence-corrected chi connectivity index (χ0v) is 13.0. The van der Waals surface area contributed by atoms with E-state index in [4.69, 9.17) is 4.74 Å². The van der Waals surface area contributed by atoms with Gasteiger partial charge < -0.3 is 10.1 Å². The van der Waals surface area contributed by atoms with Crippen molar-refractivity contribution in [2.75, 3.05) is 12.4 Å². The molecule has 0 aliphatic carbocycles. The van der Waals surface area contributed by atoms with Crippen molar-refractivity contribution in [1.29, 1.82) is 0 Å². The van der Waals surface area contributed by atoms with Crippen molar-refractivity contribution in [2.24, 2.45) is 0 Å². The van der Waals surface area contributed by atoms with Crippen molar-refractivity contribution in [2.45, 2.75) is 0 Å². The molecular weight excluding hydrogens is 328 g/mol. The molecule has 3 rings (SSSR count). The van der Waals surface area contributed by atoms with Gasteiger partial charge in [-0.25, -0.2) is 0 Å². The van der Waals surface area contributed by atoms with Gasteiger partial charge in [0.15, 0.2) is 0 Å². The van der Waals surface area contributed by atoms with Gasteiger partial charge in [-0.3, -0.25) is 14.9 Å². The van der Waals surface area contributed by atoms with E-state index in [2.05, 4.69) is 25.9 Å². The Kier molecular flexibility index (Phi) is 4.33. The number of hydrogen-bond donors (Lipinski definition) is 2. The number of aromatic nitrogens is 4. The van der Waals surface area contributed by atoms with Gasteiger partial charge in [-0.1, -0.05) is 0 Å². The summed E-state index contributed by atoms with van der Waals surface area (Å²) in [5, 5.41) is 27.1. The quantitative estimate of drug-likeness (QED) is 0.535. The van der Waals surface area contributed by atoms with Crippen molar-refractivity contribution in [3.05, 3.63) is 58.1 Å². The highest BCUT2D eigenvalue weighted by Gasteiger charge is 2.19. The van der Waals surface area contributed by atoms with Crippen LogP contribution in [-0.4, -0.2) is 38.6 Å². The second-order valence-corrected chi connectivity index (χ2v) is 4.91. The van der Waals surface area contributed by atoms with Gasteiger partial charge in [0, 0.05) is 17.2 Å². The van der Waals surface area contributed by atoms with Gasteiger partial charge in [-0.2, -0.15) is 5.21 Å². The van der Waals surface area contributed by atoms with Gasteiger partial charge in [0.05, 0.1) is 12.0 Å². The summed E-state index contributed by atoms with van der Waals surface area (Å²) < 4.78 is 5.03. The monoisotopic (exact) mass is 340 g/mol. The Morgan fingerprint density at radius 1 is 1.24 bits per heavy atom. The summed E-state index contributed by atoms with van der Waals surface area (Å²) in [5.41, 5.74) is 0.603. The number of nitrogens with one attached hydrogen (secondary N) is 2. The van der Waals surface area contributed by atoms with Crippen LogP contribution in [0.15, 0.2) is 42.5 Å². The molecule has 0 saturated heterocycles. The summed E-state index contributed by atoms with van der Waals surface area (Å²) in [6.07, 6.45) is 0. The van der Waals surface area contributed by atoms with Crippen molar-refractivity contribution in [3.63, 3.8) is 0 Å². The van der Waals surface area contributed by atoms with Crippen LogP contribution in [-0.2, 0) is 0 Å². The summed E-state index contributed by atoms with van der Waals surface area (Å²) >= 11 is 0.